The van der Waals surface area contributed by atoms with Crippen molar-refractivity contribution >= 4 is 9.04 Å². The van der Waals surface area contributed by atoms with Crippen molar-refractivity contribution in [2.45, 2.75) is 6.92 Å². The van der Waals surface area contributed by atoms with Crippen molar-refractivity contribution in [2.75, 3.05) is 0 Å². The van der Waals surface area contributed by atoms with Crippen LogP contribution in [-0.4, -0.2) is 11.0 Å². The van der Waals surface area contributed by atoms with Gasteiger partial charge in [0, 0.05) is 5.97 Å². The molecule has 0 N–H and O–H groups in total. The maximum absolute atomic E-state index is 8.89. The summed E-state index contributed by atoms with van der Waals surface area (Å²) < 4.78 is 1.45. The molecule has 0 saturated carbocycles. The zero-order valence-electron chi connectivity index (χ0n) is 6.28. The molecule has 0 amide bonds. The van der Waals surface area contributed by atoms with Gasteiger partial charge in [-0.2, -0.15) is 0 Å². The summed E-state index contributed by atoms with van der Waals surface area (Å²) in [6.45, 7) is 0.972. The van der Waals surface area contributed by atoms with Gasteiger partial charge in [-0.3, -0.25) is 0 Å². The molecular weight excluding hydrogens is 331 g/mol. The van der Waals surface area contributed by atoms with Gasteiger partial charge in [-0.05, 0) is 6.92 Å². The first-order valence-electron chi connectivity index (χ1n) is 3.02. The molecule has 54 valence electrons. The van der Waals surface area contributed by atoms with Crippen molar-refractivity contribution in [1.82, 2.24) is 4.98 Å². The fraction of sp³-hybridized carbons (Fsp3) is 0.143. The summed E-state index contributed by atoms with van der Waals surface area (Å²) in [5, 5.41) is 8.89. The summed E-state index contributed by atoms with van der Waals surface area (Å²) in [7, 11) is 0. The molecule has 1 aromatic rings. The second-order valence-corrected chi connectivity index (χ2v) is 5.02. The molecule has 3 nitrogen and oxygen atoms in total. The summed E-state index contributed by atoms with van der Waals surface area (Å²) >= 11 is 0.770. The van der Waals surface area contributed by atoms with E-state index in [0.29, 0.717) is 0 Å². The van der Waals surface area contributed by atoms with Crippen LogP contribution >= 0.6 is 0 Å². The van der Waals surface area contributed by atoms with Gasteiger partial charge in [-0.1, -0.05) is 0 Å². The van der Waals surface area contributed by atoms with Crippen molar-refractivity contribution < 1.29 is 36.0 Å². The Morgan fingerprint density at radius 1 is 1.55 bits per heavy atom. The number of carbonyl (C=O) groups is 1. The number of nitrogens with zero attached hydrogens (tertiary/aromatic N) is 1. The van der Waals surface area contributed by atoms with Gasteiger partial charge in [0.25, 0.3) is 0 Å². The monoisotopic (exact) mass is 339 g/mol. The molecule has 11 heavy (non-hydrogen) atoms. The molecule has 0 radical (unpaired) electrons. The molecule has 1 rings (SSSR count). The topological polar surface area (TPSA) is 53.0 Å². The van der Waals surface area contributed by atoms with Crippen LogP contribution in [0.4, 0.5) is 0 Å². The van der Waals surface area contributed by atoms with E-state index in [2.05, 4.69) is 17.1 Å². The van der Waals surface area contributed by atoms with Crippen molar-refractivity contribution in [1.29, 1.82) is 0 Å². The van der Waals surface area contributed by atoms with Crippen molar-refractivity contribution in [3.8, 4) is 0 Å². The normalized spacial score (nSPS) is 7.91. The fourth-order valence-electron chi connectivity index (χ4n) is 0.383. The molecule has 0 unspecified atom stereocenters. The van der Waals surface area contributed by atoms with Crippen LogP contribution in [-0.2, 0) is 30.9 Å². The van der Waals surface area contributed by atoms with Gasteiger partial charge in [0.15, 0.2) is 0 Å². The Kier molecular flexibility index (Phi) is 6.02. The summed E-state index contributed by atoms with van der Waals surface area (Å²) in [5.41, 5.74) is 0. The minimum atomic E-state index is -1.08. The Morgan fingerprint density at radius 2 is 1.91 bits per heavy atom. The van der Waals surface area contributed by atoms with E-state index in [1.807, 2.05) is 12.4 Å². The van der Waals surface area contributed by atoms with Crippen molar-refractivity contribution in [3.05, 3.63) is 24.5 Å². The third-order valence-electron chi connectivity index (χ3n) is 0.749. The molecule has 0 spiro atoms. The second-order valence-electron chi connectivity index (χ2n) is 1.85. The van der Waals surface area contributed by atoms with Crippen LogP contribution in [0.5, 0.6) is 0 Å². The zero-order chi connectivity index (χ0) is 8.69. The Labute approximate surface area is 81.4 Å². The zero-order valence-corrected chi connectivity index (χ0v) is 11.8. The van der Waals surface area contributed by atoms with Crippen molar-refractivity contribution in [2.24, 2.45) is 0 Å². The molecule has 0 aliphatic heterocycles. The minimum absolute atomic E-state index is 0.770. The van der Waals surface area contributed by atoms with Gasteiger partial charge in [0.1, 0.15) is 0 Å². The molecule has 0 fully saturated rings. The first kappa shape index (κ1) is 10.6. The van der Waals surface area contributed by atoms with Crippen LogP contribution in [0.25, 0.3) is 0 Å². The predicted molar refractivity (Wildman–Crippen MR) is 34.6 cm³/mol. The molecule has 0 atom stereocenters. The Bertz CT molecular complexity index is 209. The van der Waals surface area contributed by atoms with E-state index in [-0.39, 0.29) is 0 Å². The van der Waals surface area contributed by atoms with E-state index in [1.54, 1.807) is 0 Å². The number of aliphatic carboxylic acids is 1. The van der Waals surface area contributed by atoms with Crippen LogP contribution in [0.1, 0.15) is 6.92 Å². The number of carboxylic acids is 1. The Balaban J connectivity index is 0.000000218. The van der Waals surface area contributed by atoms with Gasteiger partial charge < -0.3 is 9.90 Å². The number of hydrogen-bond acceptors (Lipinski definition) is 3. The number of carbonyl (C=O) groups excluding carboxylic acids is 1. The summed E-state index contributed by atoms with van der Waals surface area (Å²) in [6, 6.07) is 4.12. The molecule has 0 bridgehead atoms. The van der Waals surface area contributed by atoms with Crippen LogP contribution in [0.2, 0.25) is 0 Å². The van der Waals surface area contributed by atoms with Crippen LogP contribution in [0.3, 0.4) is 0 Å². The van der Waals surface area contributed by atoms with Gasteiger partial charge >= 0.3 is 58.7 Å². The van der Waals surface area contributed by atoms with Crippen LogP contribution < -0.4 is 8.18 Å². The average molecular weight is 338 g/mol. The molecule has 0 saturated heterocycles. The van der Waals surface area contributed by atoms with E-state index in [0.717, 1.165) is 33.0 Å². The van der Waals surface area contributed by atoms with Gasteiger partial charge in [-0.15, -0.1) is 0 Å². The first-order valence-corrected chi connectivity index (χ1v) is 5.77. The molecule has 0 aromatic carbocycles. The fourth-order valence-corrected chi connectivity index (χ4v) is 1.20. The third kappa shape index (κ3) is 9.56. The van der Waals surface area contributed by atoms with Gasteiger partial charge in [-0.25, -0.2) is 0 Å². The number of aromatic nitrogens is 1. The second kappa shape index (κ2) is 6.28. The van der Waals surface area contributed by atoms with Crippen LogP contribution in [0.15, 0.2) is 24.5 Å². The van der Waals surface area contributed by atoms with E-state index >= 15 is 0 Å². The Morgan fingerprint density at radius 3 is 2.09 bits per heavy atom. The third-order valence-corrected chi connectivity index (χ3v) is 2.58. The number of pyridine rings is 1. The standard InChI is InChI=1S/C5H4N.C2H4O2.Hg/c1-2-4-6-5-3-1;1-2(3)4;/h2-5H;1H3,(H,3,4);/q;;+1/p-1. The molecule has 4 heteroatoms. The van der Waals surface area contributed by atoms with Gasteiger partial charge in [0.05, 0.1) is 0 Å². The van der Waals surface area contributed by atoms with E-state index in [9.17, 15) is 0 Å². The average Bonchev–Trinajstić information content (AvgIpc) is 1.87. The first-order chi connectivity index (χ1) is 5.13. The molecule has 1 aromatic heterocycles. The van der Waals surface area contributed by atoms with E-state index in [4.69, 9.17) is 9.90 Å². The quantitative estimate of drug-likeness (QED) is 0.571. The Hall–Kier alpha value is -0.445. The number of carboxylic acid groups (broad SMARTS) is 1. The number of rotatable bonds is 0. The summed E-state index contributed by atoms with van der Waals surface area (Å²) in [4.78, 5) is 12.8. The number of hydrogen-bond donors (Lipinski definition) is 0. The SMILES string of the molecule is CC(=O)[O-].[Hg+][c]1ccncc1. The maximum atomic E-state index is 8.89. The van der Waals surface area contributed by atoms with E-state index < -0.39 is 5.97 Å². The molecular formula is C7H7HgNO2. The predicted octanol–water partition coefficient (Wildman–Crippen LogP) is -0.990. The molecule has 0 aliphatic rings. The van der Waals surface area contributed by atoms with Crippen molar-refractivity contribution in [3.63, 3.8) is 0 Å². The molecule has 1 heterocycles. The summed E-state index contributed by atoms with van der Waals surface area (Å²) in [5.74, 6) is -1.08. The molecule has 0 aliphatic carbocycles. The van der Waals surface area contributed by atoms with Gasteiger partial charge in [0.2, 0.25) is 0 Å². The van der Waals surface area contributed by atoms with E-state index in [1.165, 1.54) is 3.07 Å². The van der Waals surface area contributed by atoms with Crippen LogP contribution in [0, 0.1) is 0 Å². The summed E-state index contributed by atoms with van der Waals surface area (Å²) in [6.07, 6.45) is 3.67.